The molecule has 1 amide bonds. The van der Waals surface area contributed by atoms with Crippen LogP contribution in [0.25, 0.3) is 0 Å². The number of ether oxygens (including phenoxy) is 2. The molecule has 0 bridgehead atoms. The molecule has 0 spiro atoms. The van der Waals surface area contributed by atoms with Gasteiger partial charge in [0.15, 0.2) is 0 Å². The van der Waals surface area contributed by atoms with E-state index in [4.69, 9.17) is 9.47 Å². The summed E-state index contributed by atoms with van der Waals surface area (Å²) in [5.41, 5.74) is 0.831. The van der Waals surface area contributed by atoms with Gasteiger partial charge in [-0.25, -0.2) is 8.42 Å². The molecule has 31 heavy (non-hydrogen) atoms. The zero-order valence-corrected chi connectivity index (χ0v) is 19.5. The van der Waals surface area contributed by atoms with Gasteiger partial charge >= 0.3 is 0 Å². The van der Waals surface area contributed by atoms with E-state index in [1.54, 1.807) is 12.1 Å². The third-order valence-electron chi connectivity index (χ3n) is 6.04. The molecule has 3 rings (SSSR count). The van der Waals surface area contributed by atoms with Crippen LogP contribution in [0.15, 0.2) is 23.1 Å². The normalized spacial score (nSPS) is 18.8. The number of carbonyl (C=O) groups excluding carboxylic acids is 1. The molecule has 0 aromatic heterocycles. The molecule has 1 heterocycles. The average molecular weight is 454 g/mol. The molecule has 0 atom stereocenters. The van der Waals surface area contributed by atoms with Gasteiger partial charge in [-0.3, -0.25) is 9.69 Å². The lowest BCUT2D eigenvalue weighted by Crippen LogP contribution is -2.48. The van der Waals surface area contributed by atoms with Crippen LogP contribution in [0.3, 0.4) is 0 Å². The third-order valence-corrected chi connectivity index (χ3v) is 7.96. The fourth-order valence-corrected chi connectivity index (χ4v) is 6.15. The van der Waals surface area contributed by atoms with Gasteiger partial charge in [-0.1, -0.05) is 25.3 Å². The minimum atomic E-state index is -3.89. The van der Waals surface area contributed by atoms with Crippen molar-refractivity contribution in [2.45, 2.75) is 50.0 Å². The van der Waals surface area contributed by atoms with Crippen molar-refractivity contribution in [3.63, 3.8) is 0 Å². The van der Waals surface area contributed by atoms with Crippen molar-refractivity contribution in [3.8, 4) is 5.75 Å². The number of morpholine rings is 1. The van der Waals surface area contributed by atoms with E-state index in [1.807, 2.05) is 13.0 Å². The van der Waals surface area contributed by atoms with E-state index in [9.17, 15) is 13.2 Å². The van der Waals surface area contributed by atoms with Crippen LogP contribution in [0, 0.1) is 6.92 Å². The standard InChI is InChI=1S/C22H35N3O5S/c1-18-8-9-20(29-2)21(16-18)31(27,28)25(19-6-4-3-5-7-19)17-22(26)23-10-11-24-12-14-30-15-13-24/h8-9,16,19H,3-7,10-15,17H2,1-2H3,(H,23,26). The van der Waals surface area contributed by atoms with Crippen LogP contribution in [-0.2, 0) is 19.6 Å². The maximum Gasteiger partial charge on any atom is 0.247 e. The number of sulfonamides is 1. The number of hydrogen-bond acceptors (Lipinski definition) is 6. The largest absolute Gasteiger partial charge is 0.495 e. The van der Waals surface area contributed by atoms with Crippen molar-refractivity contribution < 1.29 is 22.7 Å². The molecule has 9 heteroatoms. The second kappa shape index (κ2) is 11.3. The first-order valence-corrected chi connectivity index (χ1v) is 12.6. The summed E-state index contributed by atoms with van der Waals surface area (Å²) in [6, 6.07) is 4.94. The van der Waals surface area contributed by atoms with Crippen molar-refractivity contribution >= 4 is 15.9 Å². The molecule has 1 N–H and O–H groups in total. The van der Waals surface area contributed by atoms with Crippen LogP contribution in [0.5, 0.6) is 5.75 Å². The highest BCUT2D eigenvalue weighted by Crippen LogP contribution is 2.32. The smallest absolute Gasteiger partial charge is 0.247 e. The summed E-state index contributed by atoms with van der Waals surface area (Å²) >= 11 is 0. The Morgan fingerprint density at radius 2 is 1.94 bits per heavy atom. The Balaban J connectivity index is 1.73. The Kier molecular flexibility index (Phi) is 8.71. The maximum atomic E-state index is 13.7. The summed E-state index contributed by atoms with van der Waals surface area (Å²) in [6.07, 6.45) is 4.59. The summed E-state index contributed by atoms with van der Waals surface area (Å²) in [5.74, 6) is 0.0353. The molecule has 0 unspecified atom stereocenters. The fourth-order valence-electron chi connectivity index (χ4n) is 4.27. The number of carbonyl (C=O) groups is 1. The van der Waals surface area contributed by atoms with E-state index < -0.39 is 10.0 Å². The van der Waals surface area contributed by atoms with Crippen LogP contribution in [-0.4, -0.2) is 82.6 Å². The quantitative estimate of drug-likeness (QED) is 0.613. The third kappa shape index (κ3) is 6.41. The molecule has 0 radical (unpaired) electrons. The number of aryl methyl sites for hydroxylation is 1. The van der Waals surface area contributed by atoms with E-state index in [-0.39, 0.29) is 23.4 Å². The number of rotatable bonds is 9. The molecule has 2 aliphatic rings. The summed E-state index contributed by atoms with van der Waals surface area (Å²) in [5, 5.41) is 2.90. The van der Waals surface area contributed by atoms with Gasteiger partial charge in [0.2, 0.25) is 15.9 Å². The Bertz CT molecular complexity index is 834. The predicted molar refractivity (Wildman–Crippen MR) is 119 cm³/mol. The van der Waals surface area contributed by atoms with Gasteiger partial charge in [0.25, 0.3) is 0 Å². The highest BCUT2D eigenvalue weighted by molar-refractivity contribution is 7.89. The number of nitrogens with zero attached hydrogens (tertiary/aromatic N) is 2. The summed E-state index contributed by atoms with van der Waals surface area (Å²) in [6.45, 7) is 6.02. The second-order valence-corrected chi connectivity index (χ2v) is 10.2. The van der Waals surface area contributed by atoms with E-state index in [0.29, 0.717) is 25.5 Å². The van der Waals surface area contributed by atoms with Crippen LogP contribution < -0.4 is 10.1 Å². The van der Waals surface area contributed by atoms with Crippen molar-refractivity contribution in [2.24, 2.45) is 0 Å². The number of hydrogen-bond donors (Lipinski definition) is 1. The van der Waals surface area contributed by atoms with Gasteiger partial charge in [0.1, 0.15) is 10.6 Å². The van der Waals surface area contributed by atoms with Crippen LogP contribution in [0.4, 0.5) is 0 Å². The van der Waals surface area contributed by atoms with E-state index in [0.717, 1.165) is 57.3 Å². The SMILES string of the molecule is COc1ccc(C)cc1S(=O)(=O)N(CC(=O)NCCN1CCOCC1)C1CCCCC1. The lowest BCUT2D eigenvalue weighted by atomic mass is 9.95. The molecule has 1 aromatic rings. The first-order chi connectivity index (χ1) is 14.9. The van der Waals surface area contributed by atoms with Gasteiger partial charge < -0.3 is 14.8 Å². The van der Waals surface area contributed by atoms with E-state index in [1.165, 1.54) is 11.4 Å². The molecule has 1 aliphatic heterocycles. The van der Waals surface area contributed by atoms with Gasteiger partial charge in [-0.15, -0.1) is 0 Å². The minimum Gasteiger partial charge on any atom is -0.495 e. The van der Waals surface area contributed by atoms with Crippen molar-refractivity contribution in [1.29, 1.82) is 0 Å². The Hall–Kier alpha value is -1.68. The van der Waals surface area contributed by atoms with Crippen LogP contribution >= 0.6 is 0 Å². The van der Waals surface area contributed by atoms with Crippen molar-refractivity contribution in [1.82, 2.24) is 14.5 Å². The summed E-state index contributed by atoms with van der Waals surface area (Å²) in [4.78, 5) is 15.1. The lowest BCUT2D eigenvalue weighted by molar-refractivity contribution is -0.121. The summed E-state index contributed by atoms with van der Waals surface area (Å²) in [7, 11) is -2.42. The molecule has 2 fully saturated rings. The molecule has 1 aromatic carbocycles. The average Bonchev–Trinajstić information content (AvgIpc) is 2.78. The summed E-state index contributed by atoms with van der Waals surface area (Å²) < 4.78 is 39.4. The predicted octanol–water partition coefficient (Wildman–Crippen LogP) is 1.78. The molecule has 1 saturated carbocycles. The van der Waals surface area contributed by atoms with E-state index >= 15 is 0 Å². The molecular weight excluding hydrogens is 418 g/mol. The van der Waals surface area contributed by atoms with Gasteiger partial charge in [-0.2, -0.15) is 4.31 Å². The van der Waals surface area contributed by atoms with Crippen molar-refractivity contribution in [2.75, 3.05) is 53.0 Å². The Labute approximate surface area is 185 Å². The maximum absolute atomic E-state index is 13.7. The Morgan fingerprint density at radius 1 is 1.23 bits per heavy atom. The fraction of sp³-hybridized carbons (Fsp3) is 0.682. The first kappa shape index (κ1) is 24.0. The number of benzene rings is 1. The van der Waals surface area contributed by atoms with Gasteiger partial charge in [-0.05, 0) is 37.5 Å². The highest BCUT2D eigenvalue weighted by atomic mass is 32.2. The van der Waals surface area contributed by atoms with Crippen LogP contribution in [0.2, 0.25) is 0 Å². The number of nitrogens with one attached hydrogen (secondary N) is 1. The topological polar surface area (TPSA) is 88.2 Å². The van der Waals surface area contributed by atoms with Gasteiger partial charge in [0, 0.05) is 32.2 Å². The molecule has 8 nitrogen and oxygen atoms in total. The molecular formula is C22H35N3O5S. The number of methoxy groups -OCH3 is 1. The molecule has 1 saturated heterocycles. The van der Waals surface area contributed by atoms with Crippen molar-refractivity contribution in [3.05, 3.63) is 23.8 Å². The van der Waals surface area contributed by atoms with E-state index in [2.05, 4.69) is 10.2 Å². The number of amides is 1. The molecule has 174 valence electrons. The zero-order chi connectivity index (χ0) is 22.3. The first-order valence-electron chi connectivity index (χ1n) is 11.1. The minimum absolute atomic E-state index is 0.127. The zero-order valence-electron chi connectivity index (χ0n) is 18.6. The van der Waals surface area contributed by atoms with Gasteiger partial charge in [0.05, 0.1) is 26.9 Å². The second-order valence-electron chi connectivity index (χ2n) is 8.30. The van der Waals surface area contributed by atoms with Crippen LogP contribution in [0.1, 0.15) is 37.7 Å². The molecule has 1 aliphatic carbocycles. The monoisotopic (exact) mass is 453 g/mol. The highest BCUT2D eigenvalue weighted by Gasteiger charge is 2.35. The lowest BCUT2D eigenvalue weighted by Gasteiger charge is -2.33. The Morgan fingerprint density at radius 3 is 2.61 bits per heavy atom.